The Morgan fingerprint density at radius 1 is 1.09 bits per heavy atom. The molecule has 116 valence electrons. The molecular formula is C16H20N4O2. The van der Waals surface area contributed by atoms with Crippen molar-refractivity contribution >= 4 is 28.4 Å². The SMILES string of the molecule is NC(=O)NCCCC(N)C(=O)Nc1ccc2ccccc2c1. The molecule has 6 N–H and O–H groups in total. The highest BCUT2D eigenvalue weighted by Gasteiger charge is 2.13. The number of urea groups is 1. The quantitative estimate of drug-likeness (QED) is 0.607. The molecule has 0 heterocycles. The molecule has 2 aromatic carbocycles. The first kappa shape index (κ1) is 15.8. The number of hydrogen-bond acceptors (Lipinski definition) is 3. The fraction of sp³-hybridized carbons (Fsp3) is 0.250. The number of nitrogens with one attached hydrogen (secondary N) is 2. The van der Waals surface area contributed by atoms with Crippen molar-refractivity contribution in [1.29, 1.82) is 0 Å². The number of benzene rings is 2. The molecule has 3 amide bonds. The number of fused-ring (bicyclic) bond motifs is 1. The van der Waals surface area contributed by atoms with Crippen LogP contribution < -0.4 is 22.1 Å². The Kier molecular flexibility index (Phi) is 5.32. The number of primary amides is 1. The Bertz CT molecular complexity index is 672. The molecule has 0 saturated heterocycles. The standard InChI is InChI=1S/C16H20N4O2/c17-14(6-3-9-19-16(18)22)15(21)20-13-8-7-11-4-1-2-5-12(11)10-13/h1-2,4-5,7-8,10,14H,3,6,9,17H2,(H,20,21)(H3,18,19,22). The van der Waals surface area contributed by atoms with E-state index in [0.717, 1.165) is 16.5 Å². The maximum absolute atomic E-state index is 12.0. The van der Waals surface area contributed by atoms with E-state index in [4.69, 9.17) is 11.5 Å². The Morgan fingerprint density at radius 3 is 2.55 bits per heavy atom. The summed E-state index contributed by atoms with van der Waals surface area (Å²) < 4.78 is 0. The fourth-order valence-electron chi connectivity index (χ4n) is 2.17. The average molecular weight is 300 g/mol. The molecule has 0 bridgehead atoms. The van der Waals surface area contributed by atoms with Crippen LogP contribution in [0.15, 0.2) is 42.5 Å². The van der Waals surface area contributed by atoms with Crippen LogP contribution >= 0.6 is 0 Å². The Hall–Kier alpha value is -2.60. The first-order valence-electron chi connectivity index (χ1n) is 7.15. The van der Waals surface area contributed by atoms with Crippen molar-refractivity contribution in [3.05, 3.63) is 42.5 Å². The molecule has 0 aromatic heterocycles. The highest BCUT2D eigenvalue weighted by Crippen LogP contribution is 2.19. The van der Waals surface area contributed by atoms with Crippen molar-refractivity contribution in [2.45, 2.75) is 18.9 Å². The van der Waals surface area contributed by atoms with E-state index in [-0.39, 0.29) is 5.91 Å². The minimum atomic E-state index is -0.624. The monoisotopic (exact) mass is 300 g/mol. The average Bonchev–Trinajstić information content (AvgIpc) is 2.51. The molecule has 22 heavy (non-hydrogen) atoms. The van der Waals surface area contributed by atoms with Crippen molar-refractivity contribution in [2.24, 2.45) is 11.5 Å². The summed E-state index contributed by atoms with van der Waals surface area (Å²) in [7, 11) is 0. The summed E-state index contributed by atoms with van der Waals surface area (Å²) in [6, 6.07) is 12.4. The maximum atomic E-state index is 12.0. The molecule has 0 radical (unpaired) electrons. The summed E-state index contributed by atoms with van der Waals surface area (Å²) in [5.74, 6) is -0.241. The fourth-order valence-corrected chi connectivity index (χ4v) is 2.17. The van der Waals surface area contributed by atoms with Crippen molar-refractivity contribution in [3.8, 4) is 0 Å². The van der Waals surface area contributed by atoms with E-state index in [0.29, 0.717) is 19.4 Å². The van der Waals surface area contributed by atoms with Gasteiger partial charge < -0.3 is 22.1 Å². The zero-order valence-corrected chi connectivity index (χ0v) is 12.2. The van der Waals surface area contributed by atoms with Gasteiger partial charge in [0.05, 0.1) is 6.04 Å². The van der Waals surface area contributed by atoms with Gasteiger partial charge >= 0.3 is 6.03 Å². The summed E-state index contributed by atoms with van der Waals surface area (Å²) in [5, 5.41) is 7.44. The van der Waals surface area contributed by atoms with E-state index in [1.165, 1.54) is 0 Å². The van der Waals surface area contributed by atoms with Gasteiger partial charge in [-0.1, -0.05) is 30.3 Å². The predicted molar refractivity (Wildman–Crippen MR) is 87.4 cm³/mol. The van der Waals surface area contributed by atoms with Crippen LogP contribution in [-0.4, -0.2) is 24.5 Å². The number of carbonyl (C=O) groups excluding carboxylic acids is 2. The molecular weight excluding hydrogens is 280 g/mol. The van der Waals surface area contributed by atoms with E-state index in [9.17, 15) is 9.59 Å². The molecule has 6 nitrogen and oxygen atoms in total. The van der Waals surface area contributed by atoms with Crippen LogP contribution in [0.25, 0.3) is 10.8 Å². The zero-order chi connectivity index (χ0) is 15.9. The Balaban J connectivity index is 1.88. The van der Waals surface area contributed by atoms with Crippen LogP contribution in [-0.2, 0) is 4.79 Å². The summed E-state index contributed by atoms with van der Waals surface area (Å²) in [6.07, 6.45) is 1.06. The first-order chi connectivity index (χ1) is 10.6. The minimum Gasteiger partial charge on any atom is -0.352 e. The van der Waals surface area contributed by atoms with Gasteiger partial charge in [-0.25, -0.2) is 4.79 Å². The molecule has 6 heteroatoms. The third-order valence-corrected chi connectivity index (χ3v) is 3.34. The lowest BCUT2D eigenvalue weighted by Gasteiger charge is -2.12. The summed E-state index contributed by atoms with van der Waals surface area (Å²) in [4.78, 5) is 22.6. The van der Waals surface area contributed by atoms with Gasteiger partial charge in [0.2, 0.25) is 5.91 Å². The van der Waals surface area contributed by atoms with E-state index in [2.05, 4.69) is 10.6 Å². The topological polar surface area (TPSA) is 110 Å². The van der Waals surface area contributed by atoms with Crippen LogP contribution in [0.2, 0.25) is 0 Å². The molecule has 0 saturated carbocycles. The molecule has 1 unspecified atom stereocenters. The zero-order valence-electron chi connectivity index (χ0n) is 12.2. The number of carbonyl (C=O) groups is 2. The van der Waals surface area contributed by atoms with Crippen molar-refractivity contribution < 1.29 is 9.59 Å². The van der Waals surface area contributed by atoms with Crippen LogP contribution in [0, 0.1) is 0 Å². The second kappa shape index (κ2) is 7.42. The van der Waals surface area contributed by atoms with Gasteiger partial charge in [0, 0.05) is 12.2 Å². The number of rotatable bonds is 6. The number of nitrogens with two attached hydrogens (primary N) is 2. The largest absolute Gasteiger partial charge is 0.352 e. The molecule has 0 aliphatic carbocycles. The lowest BCUT2D eigenvalue weighted by Crippen LogP contribution is -2.37. The number of amides is 3. The maximum Gasteiger partial charge on any atom is 0.312 e. The van der Waals surface area contributed by atoms with E-state index in [1.54, 1.807) is 0 Å². The molecule has 2 rings (SSSR count). The smallest absolute Gasteiger partial charge is 0.312 e. The lowest BCUT2D eigenvalue weighted by atomic mass is 10.1. The molecule has 0 fully saturated rings. The van der Waals surface area contributed by atoms with Gasteiger partial charge in [0.1, 0.15) is 0 Å². The minimum absolute atomic E-state index is 0.241. The van der Waals surface area contributed by atoms with Crippen LogP contribution in [0.1, 0.15) is 12.8 Å². The highest BCUT2D eigenvalue weighted by atomic mass is 16.2. The third kappa shape index (κ3) is 4.46. The van der Waals surface area contributed by atoms with Crippen molar-refractivity contribution in [1.82, 2.24) is 5.32 Å². The van der Waals surface area contributed by atoms with E-state index in [1.807, 2.05) is 42.5 Å². The first-order valence-corrected chi connectivity index (χ1v) is 7.15. The second-order valence-electron chi connectivity index (χ2n) is 5.09. The van der Waals surface area contributed by atoms with Gasteiger partial charge in [0.25, 0.3) is 0 Å². The molecule has 0 aliphatic rings. The predicted octanol–water partition coefficient (Wildman–Crippen LogP) is 1.55. The van der Waals surface area contributed by atoms with Crippen LogP contribution in [0.3, 0.4) is 0 Å². The normalized spacial score (nSPS) is 11.9. The highest BCUT2D eigenvalue weighted by molar-refractivity contribution is 5.97. The number of hydrogen-bond donors (Lipinski definition) is 4. The molecule has 2 aromatic rings. The van der Waals surface area contributed by atoms with E-state index < -0.39 is 12.1 Å². The van der Waals surface area contributed by atoms with Crippen molar-refractivity contribution in [3.63, 3.8) is 0 Å². The van der Waals surface area contributed by atoms with Crippen molar-refractivity contribution in [2.75, 3.05) is 11.9 Å². The summed E-state index contributed by atoms with van der Waals surface area (Å²) in [5.41, 5.74) is 11.5. The Labute approximate surface area is 128 Å². The third-order valence-electron chi connectivity index (χ3n) is 3.34. The lowest BCUT2D eigenvalue weighted by molar-refractivity contribution is -0.117. The van der Waals surface area contributed by atoms with Gasteiger partial charge in [-0.2, -0.15) is 0 Å². The molecule has 0 spiro atoms. The van der Waals surface area contributed by atoms with Gasteiger partial charge in [-0.3, -0.25) is 4.79 Å². The summed E-state index contributed by atoms with van der Waals surface area (Å²) in [6.45, 7) is 0.409. The van der Waals surface area contributed by atoms with E-state index >= 15 is 0 Å². The second-order valence-corrected chi connectivity index (χ2v) is 5.09. The van der Waals surface area contributed by atoms with Gasteiger partial charge in [-0.05, 0) is 35.7 Å². The van der Waals surface area contributed by atoms with Gasteiger partial charge in [-0.15, -0.1) is 0 Å². The van der Waals surface area contributed by atoms with Gasteiger partial charge in [0.15, 0.2) is 0 Å². The molecule has 1 atom stereocenters. The number of anilines is 1. The molecule has 0 aliphatic heterocycles. The Morgan fingerprint density at radius 2 is 1.82 bits per heavy atom. The van der Waals surface area contributed by atoms with Crippen LogP contribution in [0.4, 0.5) is 10.5 Å². The summed E-state index contributed by atoms with van der Waals surface area (Å²) >= 11 is 0. The van der Waals surface area contributed by atoms with Crippen LogP contribution in [0.5, 0.6) is 0 Å².